The van der Waals surface area contributed by atoms with E-state index in [4.69, 9.17) is 16.3 Å². The predicted octanol–water partition coefficient (Wildman–Crippen LogP) is 4.22. The van der Waals surface area contributed by atoms with Crippen molar-refractivity contribution in [2.24, 2.45) is 0 Å². The van der Waals surface area contributed by atoms with Crippen LogP contribution in [0, 0.1) is 13.8 Å². The second kappa shape index (κ2) is 9.14. The SMILES string of the molecule is CSc1nc(C)c(CCC(=O)O[C@@H](C)C(=O)c2ccc(Cl)cc2)c(C)n1. The van der Waals surface area contributed by atoms with Crippen LogP contribution < -0.4 is 0 Å². The van der Waals surface area contributed by atoms with E-state index in [2.05, 4.69) is 9.97 Å². The number of benzene rings is 1. The number of hydrogen-bond acceptors (Lipinski definition) is 6. The molecular formula is C19H21ClN2O3S. The number of carbonyl (C=O) groups excluding carboxylic acids is 2. The number of nitrogens with zero attached hydrogens (tertiary/aromatic N) is 2. The standard InChI is InChI=1S/C19H21ClN2O3S/c1-11-16(12(2)22-19(21-11)26-4)9-10-17(23)25-13(3)18(24)14-5-7-15(20)8-6-14/h5-8,13H,9-10H2,1-4H3/t13-/m0/s1. The van der Waals surface area contributed by atoms with Crippen LogP contribution in [0.25, 0.3) is 0 Å². The zero-order valence-electron chi connectivity index (χ0n) is 15.2. The average molecular weight is 393 g/mol. The van der Waals surface area contributed by atoms with Crippen LogP contribution in [0.1, 0.15) is 40.7 Å². The number of aromatic nitrogens is 2. The van der Waals surface area contributed by atoms with E-state index in [1.807, 2.05) is 20.1 Å². The van der Waals surface area contributed by atoms with Gasteiger partial charge in [0.2, 0.25) is 5.78 Å². The molecule has 0 amide bonds. The molecule has 1 atom stereocenters. The molecule has 0 saturated carbocycles. The van der Waals surface area contributed by atoms with E-state index in [1.165, 1.54) is 11.8 Å². The number of ether oxygens (including phenoxy) is 1. The Morgan fingerprint density at radius 2 is 1.73 bits per heavy atom. The fourth-order valence-corrected chi connectivity index (χ4v) is 3.13. The number of Topliss-reactive ketones (excluding diaryl/α,β-unsaturated/α-hetero) is 1. The van der Waals surface area contributed by atoms with Gasteiger partial charge in [0, 0.05) is 28.4 Å². The summed E-state index contributed by atoms with van der Waals surface area (Å²) in [7, 11) is 0. The number of thioether (sulfide) groups is 1. The van der Waals surface area contributed by atoms with Gasteiger partial charge in [0.1, 0.15) is 0 Å². The van der Waals surface area contributed by atoms with Crippen LogP contribution in [0.4, 0.5) is 0 Å². The van der Waals surface area contributed by atoms with E-state index >= 15 is 0 Å². The third kappa shape index (κ3) is 5.29. The molecule has 0 saturated heterocycles. The molecule has 0 radical (unpaired) electrons. The van der Waals surface area contributed by atoms with E-state index in [0.717, 1.165) is 17.0 Å². The summed E-state index contributed by atoms with van der Waals surface area (Å²) >= 11 is 7.30. The third-order valence-corrected chi connectivity index (χ3v) is 4.77. The van der Waals surface area contributed by atoms with Crippen molar-refractivity contribution in [2.75, 3.05) is 6.26 Å². The highest BCUT2D eigenvalue weighted by Crippen LogP contribution is 2.18. The van der Waals surface area contributed by atoms with Gasteiger partial charge in [0.15, 0.2) is 11.3 Å². The van der Waals surface area contributed by atoms with Gasteiger partial charge in [-0.15, -0.1) is 0 Å². The maximum Gasteiger partial charge on any atom is 0.306 e. The van der Waals surface area contributed by atoms with Crippen LogP contribution in [-0.2, 0) is 16.0 Å². The third-order valence-electron chi connectivity index (χ3n) is 3.97. The number of rotatable bonds is 7. The zero-order valence-corrected chi connectivity index (χ0v) is 16.8. The molecule has 0 aliphatic rings. The molecule has 2 rings (SSSR count). The van der Waals surface area contributed by atoms with Crippen molar-refractivity contribution in [3.05, 3.63) is 51.8 Å². The maximum atomic E-state index is 12.3. The normalized spacial score (nSPS) is 11.9. The van der Waals surface area contributed by atoms with E-state index in [0.29, 0.717) is 22.2 Å². The molecule has 0 unspecified atom stereocenters. The highest BCUT2D eigenvalue weighted by atomic mass is 35.5. The summed E-state index contributed by atoms with van der Waals surface area (Å²) in [6, 6.07) is 6.50. The lowest BCUT2D eigenvalue weighted by Gasteiger charge is -2.13. The summed E-state index contributed by atoms with van der Waals surface area (Å²) in [4.78, 5) is 33.2. The molecule has 0 aliphatic carbocycles. The highest BCUT2D eigenvalue weighted by Gasteiger charge is 2.20. The van der Waals surface area contributed by atoms with Crippen molar-refractivity contribution >= 4 is 35.1 Å². The number of aryl methyl sites for hydroxylation is 2. The Morgan fingerprint density at radius 3 is 2.27 bits per heavy atom. The van der Waals surface area contributed by atoms with E-state index in [9.17, 15) is 9.59 Å². The van der Waals surface area contributed by atoms with Crippen molar-refractivity contribution in [1.29, 1.82) is 0 Å². The summed E-state index contributed by atoms with van der Waals surface area (Å²) in [5, 5.41) is 1.26. The Hall–Kier alpha value is -1.92. The van der Waals surface area contributed by atoms with Crippen molar-refractivity contribution in [3.63, 3.8) is 0 Å². The van der Waals surface area contributed by atoms with Gasteiger partial charge in [-0.3, -0.25) is 9.59 Å². The molecular weight excluding hydrogens is 372 g/mol. The molecule has 26 heavy (non-hydrogen) atoms. The number of esters is 1. The zero-order chi connectivity index (χ0) is 19.3. The Kier molecular flexibility index (Phi) is 7.17. The first kappa shape index (κ1) is 20.4. The Labute approximate surface area is 162 Å². The molecule has 138 valence electrons. The number of ketones is 1. The Morgan fingerprint density at radius 1 is 1.15 bits per heavy atom. The van der Waals surface area contributed by atoms with Gasteiger partial charge in [-0.25, -0.2) is 9.97 Å². The molecule has 0 N–H and O–H groups in total. The first-order valence-electron chi connectivity index (χ1n) is 8.19. The fourth-order valence-electron chi connectivity index (χ4n) is 2.55. The highest BCUT2D eigenvalue weighted by molar-refractivity contribution is 7.98. The van der Waals surface area contributed by atoms with Gasteiger partial charge < -0.3 is 4.74 Å². The van der Waals surface area contributed by atoms with Gasteiger partial charge in [-0.05, 0) is 63.3 Å². The minimum atomic E-state index is -0.846. The number of hydrogen-bond donors (Lipinski definition) is 0. The lowest BCUT2D eigenvalue weighted by Crippen LogP contribution is -2.24. The summed E-state index contributed by atoms with van der Waals surface area (Å²) in [5.74, 6) is -0.678. The quantitative estimate of drug-likeness (QED) is 0.304. The molecule has 1 heterocycles. The van der Waals surface area contributed by atoms with E-state index < -0.39 is 12.1 Å². The van der Waals surface area contributed by atoms with Crippen LogP contribution in [0.3, 0.4) is 0 Å². The van der Waals surface area contributed by atoms with Gasteiger partial charge in [0.25, 0.3) is 0 Å². The van der Waals surface area contributed by atoms with Gasteiger partial charge in [-0.2, -0.15) is 0 Å². The van der Waals surface area contributed by atoms with Crippen LogP contribution >= 0.6 is 23.4 Å². The lowest BCUT2D eigenvalue weighted by molar-refractivity contribution is -0.146. The molecule has 7 heteroatoms. The molecule has 1 aromatic heterocycles. The second-order valence-electron chi connectivity index (χ2n) is 5.86. The molecule has 0 spiro atoms. The van der Waals surface area contributed by atoms with E-state index in [1.54, 1.807) is 31.2 Å². The van der Waals surface area contributed by atoms with Crippen LogP contribution in [0.5, 0.6) is 0 Å². The topological polar surface area (TPSA) is 69.2 Å². The van der Waals surface area contributed by atoms with Crippen molar-refractivity contribution in [3.8, 4) is 0 Å². The smallest absolute Gasteiger partial charge is 0.306 e. The number of halogens is 1. The second-order valence-corrected chi connectivity index (χ2v) is 7.07. The molecule has 5 nitrogen and oxygen atoms in total. The van der Waals surface area contributed by atoms with Crippen molar-refractivity contribution in [1.82, 2.24) is 9.97 Å². The van der Waals surface area contributed by atoms with E-state index in [-0.39, 0.29) is 12.2 Å². The fraction of sp³-hybridized carbons (Fsp3) is 0.368. The van der Waals surface area contributed by atoms with Gasteiger partial charge >= 0.3 is 5.97 Å². The minimum Gasteiger partial charge on any atom is -0.454 e. The maximum absolute atomic E-state index is 12.3. The Bertz CT molecular complexity index is 786. The molecule has 2 aromatic rings. The van der Waals surface area contributed by atoms with Crippen LogP contribution in [0.15, 0.2) is 29.4 Å². The molecule has 0 fully saturated rings. The molecule has 0 bridgehead atoms. The summed E-state index contributed by atoms with van der Waals surface area (Å²) in [6.45, 7) is 5.38. The lowest BCUT2D eigenvalue weighted by atomic mass is 10.1. The van der Waals surface area contributed by atoms with Gasteiger partial charge in [0.05, 0.1) is 0 Å². The summed E-state index contributed by atoms with van der Waals surface area (Å²) in [5.41, 5.74) is 3.12. The summed E-state index contributed by atoms with van der Waals surface area (Å²) < 4.78 is 5.28. The first-order chi connectivity index (χ1) is 12.3. The summed E-state index contributed by atoms with van der Waals surface area (Å²) in [6.07, 6.45) is 1.72. The largest absolute Gasteiger partial charge is 0.454 e. The minimum absolute atomic E-state index is 0.169. The number of carbonyl (C=O) groups is 2. The predicted molar refractivity (Wildman–Crippen MR) is 103 cm³/mol. The van der Waals surface area contributed by atoms with Crippen molar-refractivity contribution < 1.29 is 14.3 Å². The average Bonchev–Trinajstić information content (AvgIpc) is 2.60. The molecule has 1 aromatic carbocycles. The van der Waals surface area contributed by atoms with Crippen LogP contribution in [0.2, 0.25) is 5.02 Å². The van der Waals surface area contributed by atoms with Gasteiger partial charge in [-0.1, -0.05) is 23.4 Å². The molecule has 0 aliphatic heterocycles. The van der Waals surface area contributed by atoms with Crippen molar-refractivity contribution in [2.45, 2.75) is 44.9 Å². The first-order valence-corrected chi connectivity index (χ1v) is 9.79. The Balaban J connectivity index is 1.94. The van der Waals surface area contributed by atoms with Crippen LogP contribution in [-0.4, -0.2) is 34.1 Å². The monoisotopic (exact) mass is 392 g/mol.